The van der Waals surface area contributed by atoms with Gasteiger partial charge in [-0.05, 0) is 80.7 Å². The van der Waals surface area contributed by atoms with Crippen molar-refractivity contribution in [3.63, 3.8) is 0 Å². The fourth-order valence-corrected chi connectivity index (χ4v) is 5.11. The van der Waals surface area contributed by atoms with Crippen molar-refractivity contribution in [2.24, 2.45) is 5.16 Å². The normalized spacial score (nSPS) is 14.6. The molecule has 3 N–H and O–H groups in total. The number of hydrogen-bond acceptors (Lipinski definition) is 8. The molecule has 1 aromatic heterocycles. The molecule has 0 bridgehead atoms. The van der Waals surface area contributed by atoms with E-state index >= 15 is 0 Å². The number of benzene rings is 2. The molecule has 0 saturated heterocycles. The summed E-state index contributed by atoms with van der Waals surface area (Å²) in [5.74, 6) is -0.571. The molecule has 0 spiro atoms. The smallest absolute Gasteiger partial charge is 0.409 e. The Bertz CT molecular complexity index is 1460. The molecule has 1 aliphatic heterocycles. The van der Waals surface area contributed by atoms with Crippen LogP contribution in [-0.2, 0) is 16.2 Å². The number of nitrogens with one attached hydrogen (secondary N) is 2. The second kappa shape index (κ2) is 10.4. The van der Waals surface area contributed by atoms with Crippen molar-refractivity contribution in [3.8, 4) is 0 Å². The molecule has 0 unspecified atom stereocenters. The summed E-state index contributed by atoms with van der Waals surface area (Å²) in [5.41, 5.74) is 0.0634. The standard InChI is InChI=1S/C21H17BrF4N6O4S/c22-16-9-14(3-6-17(16)23)28-20(29-33)18-19(31-36-30-18)27-10-12-7-8-32(11-12)37(34,35)15-4-1-13(2-5-15)21(24,25)26/h1-6,9,11,33H,7-8,10H2,(H,27,31)(H,28,29). The molecule has 0 fully saturated rings. The van der Waals surface area contributed by atoms with Crippen molar-refractivity contribution in [2.45, 2.75) is 17.5 Å². The molecule has 2 aromatic carbocycles. The molecule has 3 aromatic rings. The van der Waals surface area contributed by atoms with E-state index in [9.17, 15) is 31.2 Å². The Hall–Kier alpha value is -3.66. The molecule has 10 nitrogen and oxygen atoms in total. The minimum Gasteiger partial charge on any atom is -0.409 e. The highest BCUT2D eigenvalue weighted by Crippen LogP contribution is 2.31. The quantitative estimate of drug-likeness (QED) is 0.117. The molecule has 0 atom stereocenters. The predicted octanol–water partition coefficient (Wildman–Crippen LogP) is 4.63. The monoisotopic (exact) mass is 604 g/mol. The lowest BCUT2D eigenvalue weighted by atomic mass is 10.2. The number of hydrogen-bond donors (Lipinski definition) is 3. The van der Waals surface area contributed by atoms with Gasteiger partial charge in [0.1, 0.15) is 5.82 Å². The van der Waals surface area contributed by atoms with E-state index in [0.717, 1.165) is 16.4 Å². The Morgan fingerprint density at radius 2 is 1.92 bits per heavy atom. The number of nitrogens with zero attached hydrogens (tertiary/aromatic N) is 4. The van der Waals surface area contributed by atoms with Gasteiger partial charge in [-0.25, -0.2) is 17.4 Å². The van der Waals surface area contributed by atoms with Crippen LogP contribution in [0.5, 0.6) is 0 Å². The molecular formula is C21H17BrF4N6O4S. The van der Waals surface area contributed by atoms with Gasteiger partial charge in [-0.3, -0.25) is 4.31 Å². The fourth-order valence-electron chi connectivity index (χ4n) is 3.36. The van der Waals surface area contributed by atoms with E-state index in [4.69, 9.17) is 4.63 Å². The largest absolute Gasteiger partial charge is 0.416 e. The third kappa shape index (κ3) is 5.85. The van der Waals surface area contributed by atoms with Crippen LogP contribution in [0, 0.1) is 5.82 Å². The van der Waals surface area contributed by atoms with Crippen LogP contribution in [0.15, 0.2) is 73.4 Å². The van der Waals surface area contributed by atoms with E-state index in [0.29, 0.717) is 29.8 Å². The third-order valence-corrected chi connectivity index (χ3v) is 7.63. The molecule has 0 radical (unpaired) electrons. The molecule has 0 aliphatic carbocycles. The highest BCUT2D eigenvalue weighted by molar-refractivity contribution is 9.10. The molecular weight excluding hydrogens is 588 g/mol. The van der Waals surface area contributed by atoms with Crippen molar-refractivity contribution in [1.29, 1.82) is 0 Å². The number of sulfonamides is 1. The SMILES string of the molecule is O=S(=O)(c1ccc(C(F)(F)F)cc1)N1C=C(CNc2nonc2/C(=N/O)Nc2ccc(F)c(Br)c2)CC1. The van der Waals surface area contributed by atoms with E-state index < -0.39 is 27.6 Å². The van der Waals surface area contributed by atoms with Crippen LogP contribution in [0.2, 0.25) is 0 Å². The van der Waals surface area contributed by atoms with Crippen LogP contribution in [0.4, 0.5) is 29.1 Å². The van der Waals surface area contributed by atoms with Crippen LogP contribution < -0.4 is 10.6 Å². The maximum atomic E-state index is 13.5. The van der Waals surface area contributed by atoms with Crippen molar-refractivity contribution < 1.29 is 35.8 Å². The van der Waals surface area contributed by atoms with Gasteiger partial charge >= 0.3 is 6.18 Å². The van der Waals surface area contributed by atoms with Gasteiger partial charge < -0.3 is 15.8 Å². The summed E-state index contributed by atoms with van der Waals surface area (Å²) in [6.07, 6.45) is -2.85. The van der Waals surface area contributed by atoms with E-state index in [2.05, 4.69) is 42.0 Å². The second-order valence-electron chi connectivity index (χ2n) is 7.69. The average molecular weight is 605 g/mol. The lowest BCUT2D eigenvalue weighted by molar-refractivity contribution is -0.137. The van der Waals surface area contributed by atoms with Gasteiger partial charge in [0.15, 0.2) is 5.69 Å². The van der Waals surface area contributed by atoms with Crippen molar-refractivity contribution in [3.05, 3.63) is 75.8 Å². The van der Waals surface area contributed by atoms with Gasteiger partial charge in [0, 0.05) is 25.0 Å². The Balaban J connectivity index is 1.43. The molecule has 196 valence electrons. The zero-order valence-corrected chi connectivity index (χ0v) is 20.9. The second-order valence-corrected chi connectivity index (χ2v) is 10.4. The minimum atomic E-state index is -4.57. The number of aromatic nitrogens is 2. The maximum absolute atomic E-state index is 13.5. The number of anilines is 2. The number of rotatable bonds is 7. The number of amidine groups is 1. The Morgan fingerprint density at radius 1 is 1.19 bits per heavy atom. The topological polar surface area (TPSA) is 133 Å². The Kier molecular flexibility index (Phi) is 7.40. The molecule has 0 amide bonds. The summed E-state index contributed by atoms with van der Waals surface area (Å²) in [7, 11) is -4.05. The van der Waals surface area contributed by atoms with Crippen molar-refractivity contribution in [2.75, 3.05) is 23.7 Å². The molecule has 4 rings (SSSR count). The lowest BCUT2D eigenvalue weighted by Crippen LogP contribution is -2.24. The Labute approximate surface area is 215 Å². The Morgan fingerprint density at radius 3 is 2.57 bits per heavy atom. The first-order valence-corrected chi connectivity index (χ1v) is 12.6. The van der Waals surface area contributed by atoms with Gasteiger partial charge in [-0.15, -0.1) is 0 Å². The summed E-state index contributed by atoms with van der Waals surface area (Å²) in [5, 5.41) is 25.6. The lowest BCUT2D eigenvalue weighted by Gasteiger charge is -2.16. The van der Waals surface area contributed by atoms with Gasteiger partial charge in [0.25, 0.3) is 10.0 Å². The minimum absolute atomic E-state index is 0.00391. The number of alkyl halides is 3. The fraction of sp³-hybridized carbons (Fsp3) is 0.190. The number of oxime groups is 1. The van der Waals surface area contributed by atoms with Crippen LogP contribution in [0.3, 0.4) is 0 Å². The average Bonchev–Trinajstić information content (AvgIpc) is 3.53. The highest BCUT2D eigenvalue weighted by Gasteiger charge is 2.32. The summed E-state index contributed by atoms with van der Waals surface area (Å²) in [6, 6.07) is 7.27. The van der Waals surface area contributed by atoms with E-state index in [1.165, 1.54) is 24.4 Å². The molecule has 16 heteroatoms. The summed E-state index contributed by atoms with van der Waals surface area (Å²) in [6.45, 7) is 0.204. The highest BCUT2D eigenvalue weighted by atomic mass is 79.9. The van der Waals surface area contributed by atoms with Crippen LogP contribution in [0.25, 0.3) is 0 Å². The number of halogens is 5. The van der Waals surface area contributed by atoms with Gasteiger partial charge in [-0.1, -0.05) is 5.16 Å². The summed E-state index contributed by atoms with van der Waals surface area (Å²) < 4.78 is 83.4. The van der Waals surface area contributed by atoms with Crippen LogP contribution >= 0.6 is 15.9 Å². The van der Waals surface area contributed by atoms with Gasteiger partial charge in [0.2, 0.25) is 11.7 Å². The molecule has 1 aliphatic rings. The molecule has 37 heavy (non-hydrogen) atoms. The van der Waals surface area contributed by atoms with E-state index in [-0.39, 0.29) is 39.8 Å². The molecule has 2 heterocycles. The van der Waals surface area contributed by atoms with Crippen molar-refractivity contribution in [1.82, 2.24) is 14.6 Å². The zero-order valence-electron chi connectivity index (χ0n) is 18.5. The van der Waals surface area contributed by atoms with E-state index in [1.807, 2.05) is 0 Å². The van der Waals surface area contributed by atoms with Gasteiger partial charge in [0.05, 0.1) is 14.9 Å². The van der Waals surface area contributed by atoms with Crippen LogP contribution in [0.1, 0.15) is 17.7 Å². The van der Waals surface area contributed by atoms with Crippen molar-refractivity contribution >= 4 is 43.3 Å². The molecule has 0 saturated carbocycles. The zero-order chi connectivity index (χ0) is 26.8. The summed E-state index contributed by atoms with van der Waals surface area (Å²) in [4.78, 5) is -0.267. The first-order chi connectivity index (χ1) is 17.5. The third-order valence-electron chi connectivity index (χ3n) is 5.25. The van der Waals surface area contributed by atoms with Gasteiger partial charge in [-0.2, -0.15) is 13.2 Å². The van der Waals surface area contributed by atoms with Crippen LogP contribution in [-0.4, -0.2) is 47.2 Å². The first-order valence-electron chi connectivity index (χ1n) is 10.4. The summed E-state index contributed by atoms with van der Waals surface area (Å²) >= 11 is 3.05. The van der Waals surface area contributed by atoms with E-state index in [1.54, 1.807) is 0 Å². The maximum Gasteiger partial charge on any atom is 0.416 e. The predicted molar refractivity (Wildman–Crippen MR) is 127 cm³/mol. The first kappa shape index (κ1) is 26.4.